The minimum atomic E-state index is 0.598. The summed E-state index contributed by atoms with van der Waals surface area (Å²) in [6.07, 6.45) is 1.12. The normalized spacial score (nSPS) is 21.6. The summed E-state index contributed by atoms with van der Waals surface area (Å²) in [5.41, 5.74) is 1.42. The second-order valence-corrected chi connectivity index (χ2v) is 4.58. The van der Waals surface area contributed by atoms with Crippen LogP contribution < -0.4 is 5.32 Å². The molecule has 1 unspecified atom stereocenters. The molecule has 2 rings (SSSR count). The monoisotopic (exact) mass is 234 g/mol. The molecular weight excluding hydrogens is 212 g/mol. The molecule has 1 fully saturated rings. The maximum atomic E-state index is 5.18. The first-order valence-electron chi connectivity index (χ1n) is 6.38. The van der Waals surface area contributed by atoms with E-state index in [1.165, 1.54) is 5.56 Å². The van der Waals surface area contributed by atoms with Gasteiger partial charge in [0.05, 0.1) is 6.61 Å². The molecule has 1 aliphatic rings. The molecule has 3 nitrogen and oxygen atoms in total. The summed E-state index contributed by atoms with van der Waals surface area (Å²) < 4.78 is 5.18. The zero-order valence-corrected chi connectivity index (χ0v) is 10.6. The Bertz CT molecular complexity index is 315. The Morgan fingerprint density at radius 3 is 2.94 bits per heavy atom. The van der Waals surface area contributed by atoms with Crippen LogP contribution in [0.15, 0.2) is 30.3 Å². The molecule has 1 atom stereocenters. The highest BCUT2D eigenvalue weighted by atomic mass is 16.5. The molecule has 94 valence electrons. The third-order valence-electron chi connectivity index (χ3n) is 3.37. The minimum absolute atomic E-state index is 0.598. The van der Waals surface area contributed by atoms with Crippen molar-refractivity contribution in [3.8, 4) is 0 Å². The quantitative estimate of drug-likeness (QED) is 0.827. The second kappa shape index (κ2) is 6.74. The Balaban J connectivity index is 1.92. The van der Waals surface area contributed by atoms with Gasteiger partial charge < -0.3 is 10.1 Å². The van der Waals surface area contributed by atoms with Crippen LogP contribution in [0, 0.1) is 0 Å². The van der Waals surface area contributed by atoms with E-state index in [4.69, 9.17) is 4.74 Å². The van der Waals surface area contributed by atoms with Crippen molar-refractivity contribution in [3.05, 3.63) is 35.9 Å². The van der Waals surface area contributed by atoms with Gasteiger partial charge in [0.2, 0.25) is 0 Å². The van der Waals surface area contributed by atoms with Gasteiger partial charge in [0.1, 0.15) is 0 Å². The molecule has 0 radical (unpaired) electrons. The number of ether oxygens (including phenoxy) is 1. The Morgan fingerprint density at radius 1 is 1.35 bits per heavy atom. The highest BCUT2D eigenvalue weighted by Gasteiger charge is 2.21. The fourth-order valence-corrected chi connectivity index (χ4v) is 2.39. The molecule has 1 heterocycles. The maximum absolute atomic E-state index is 5.18. The van der Waals surface area contributed by atoms with Crippen LogP contribution in [0.2, 0.25) is 0 Å². The number of piperazine rings is 1. The lowest BCUT2D eigenvalue weighted by atomic mass is 10.0. The van der Waals surface area contributed by atoms with Gasteiger partial charge in [0.15, 0.2) is 0 Å². The van der Waals surface area contributed by atoms with Crippen LogP contribution >= 0.6 is 0 Å². The molecule has 1 aromatic carbocycles. The number of hydrogen-bond donors (Lipinski definition) is 1. The smallest absolute Gasteiger partial charge is 0.0589 e. The Kier molecular flexibility index (Phi) is 4.98. The molecule has 0 bridgehead atoms. The van der Waals surface area contributed by atoms with Crippen LogP contribution in [0.1, 0.15) is 5.56 Å². The summed E-state index contributed by atoms with van der Waals surface area (Å²) >= 11 is 0. The topological polar surface area (TPSA) is 24.5 Å². The zero-order chi connectivity index (χ0) is 11.9. The third kappa shape index (κ3) is 3.80. The van der Waals surface area contributed by atoms with Crippen molar-refractivity contribution in [2.75, 3.05) is 39.9 Å². The van der Waals surface area contributed by atoms with Crippen LogP contribution in [0.5, 0.6) is 0 Å². The van der Waals surface area contributed by atoms with Crippen LogP contribution in [-0.2, 0) is 11.2 Å². The predicted molar refractivity (Wildman–Crippen MR) is 70.3 cm³/mol. The fourth-order valence-electron chi connectivity index (χ4n) is 2.39. The van der Waals surface area contributed by atoms with Crippen molar-refractivity contribution in [2.24, 2.45) is 0 Å². The molecule has 1 saturated heterocycles. The van der Waals surface area contributed by atoms with Gasteiger partial charge in [-0.2, -0.15) is 0 Å². The van der Waals surface area contributed by atoms with Gasteiger partial charge in [0, 0.05) is 39.3 Å². The average Bonchev–Trinajstić information content (AvgIpc) is 2.39. The number of methoxy groups -OCH3 is 1. The maximum Gasteiger partial charge on any atom is 0.0589 e. The van der Waals surface area contributed by atoms with Crippen molar-refractivity contribution in [1.82, 2.24) is 10.2 Å². The number of nitrogens with one attached hydrogen (secondary N) is 1. The number of nitrogens with zero attached hydrogens (tertiary/aromatic N) is 1. The molecule has 0 amide bonds. The van der Waals surface area contributed by atoms with Gasteiger partial charge in [0.25, 0.3) is 0 Å². The van der Waals surface area contributed by atoms with E-state index in [2.05, 4.69) is 40.5 Å². The van der Waals surface area contributed by atoms with Gasteiger partial charge in [-0.3, -0.25) is 4.90 Å². The van der Waals surface area contributed by atoms with Crippen LogP contribution in [0.25, 0.3) is 0 Å². The van der Waals surface area contributed by atoms with E-state index in [1.807, 2.05) is 0 Å². The van der Waals surface area contributed by atoms with Crippen molar-refractivity contribution in [2.45, 2.75) is 12.5 Å². The SMILES string of the molecule is COCCN1CCNCC1Cc1ccccc1. The van der Waals surface area contributed by atoms with Gasteiger partial charge in [-0.05, 0) is 12.0 Å². The first-order valence-corrected chi connectivity index (χ1v) is 6.38. The Labute approximate surface area is 104 Å². The lowest BCUT2D eigenvalue weighted by Crippen LogP contribution is -2.53. The van der Waals surface area contributed by atoms with E-state index in [0.29, 0.717) is 6.04 Å². The fraction of sp³-hybridized carbons (Fsp3) is 0.571. The van der Waals surface area contributed by atoms with E-state index in [0.717, 1.165) is 39.2 Å². The number of rotatable bonds is 5. The van der Waals surface area contributed by atoms with Crippen molar-refractivity contribution < 1.29 is 4.74 Å². The Hall–Kier alpha value is -0.900. The second-order valence-electron chi connectivity index (χ2n) is 4.58. The van der Waals surface area contributed by atoms with Crippen molar-refractivity contribution >= 4 is 0 Å². The molecule has 3 heteroatoms. The summed E-state index contributed by atoms with van der Waals surface area (Å²) in [7, 11) is 1.77. The first-order chi connectivity index (χ1) is 8.40. The van der Waals surface area contributed by atoms with Crippen LogP contribution in [-0.4, -0.2) is 50.8 Å². The average molecular weight is 234 g/mol. The summed E-state index contributed by atoms with van der Waals surface area (Å²) in [5, 5.41) is 3.48. The largest absolute Gasteiger partial charge is 0.383 e. The van der Waals surface area contributed by atoms with Crippen LogP contribution in [0.3, 0.4) is 0 Å². The van der Waals surface area contributed by atoms with E-state index in [1.54, 1.807) is 7.11 Å². The van der Waals surface area contributed by atoms with Crippen molar-refractivity contribution in [1.29, 1.82) is 0 Å². The van der Waals surface area contributed by atoms with Crippen molar-refractivity contribution in [3.63, 3.8) is 0 Å². The van der Waals surface area contributed by atoms with E-state index < -0.39 is 0 Å². The van der Waals surface area contributed by atoms with E-state index >= 15 is 0 Å². The van der Waals surface area contributed by atoms with Gasteiger partial charge in [-0.1, -0.05) is 30.3 Å². The zero-order valence-electron chi connectivity index (χ0n) is 10.6. The Morgan fingerprint density at radius 2 is 2.18 bits per heavy atom. The molecule has 0 spiro atoms. The molecule has 1 aromatic rings. The predicted octanol–water partition coefficient (Wildman–Crippen LogP) is 1.15. The van der Waals surface area contributed by atoms with E-state index in [9.17, 15) is 0 Å². The lowest BCUT2D eigenvalue weighted by Gasteiger charge is -2.36. The summed E-state index contributed by atoms with van der Waals surface area (Å²) in [6.45, 7) is 5.16. The molecule has 0 aromatic heterocycles. The third-order valence-corrected chi connectivity index (χ3v) is 3.37. The molecular formula is C14H22N2O. The summed E-state index contributed by atoms with van der Waals surface area (Å²) in [5.74, 6) is 0. The summed E-state index contributed by atoms with van der Waals surface area (Å²) in [6, 6.07) is 11.3. The summed E-state index contributed by atoms with van der Waals surface area (Å²) in [4.78, 5) is 2.53. The van der Waals surface area contributed by atoms with Gasteiger partial charge >= 0.3 is 0 Å². The van der Waals surface area contributed by atoms with Gasteiger partial charge in [-0.25, -0.2) is 0 Å². The standard InChI is InChI=1S/C14H22N2O/c1-17-10-9-16-8-7-15-12-14(16)11-13-5-3-2-4-6-13/h2-6,14-15H,7-12H2,1H3. The molecule has 0 aliphatic carbocycles. The number of hydrogen-bond acceptors (Lipinski definition) is 3. The highest BCUT2D eigenvalue weighted by Crippen LogP contribution is 2.10. The molecule has 1 aliphatic heterocycles. The number of benzene rings is 1. The molecule has 1 N–H and O–H groups in total. The molecule has 0 saturated carbocycles. The van der Waals surface area contributed by atoms with Gasteiger partial charge in [-0.15, -0.1) is 0 Å². The van der Waals surface area contributed by atoms with Crippen LogP contribution in [0.4, 0.5) is 0 Å². The first kappa shape index (κ1) is 12.6. The lowest BCUT2D eigenvalue weighted by molar-refractivity contribution is 0.103. The van der Waals surface area contributed by atoms with E-state index in [-0.39, 0.29) is 0 Å². The molecule has 17 heavy (non-hydrogen) atoms. The minimum Gasteiger partial charge on any atom is -0.383 e. The highest BCUT2D eigenvalue weighted by molar-refractivity contribution is 5.16.